The van der Waals surface area contributed by atoms with E-state index < -0.39 is 0 Å². The first-order chi connectivity index (χ1) is 11.8. The van der Waals surface area contributed by atoms with Crippen LogP contribution < -0.4 is 15.8 Å². The van der Waals surface area contributed by atoms with Gasteiger partial charge in [-0.15, -0.1) is 0 Å². The summed E-state index contributed by atoms with van der Waals surface area (Å²) in [7, 11) is 1.65. The molecule has 1 heterocycles. The first kappa shape index (κ1) is 16.0. The first-order valence-corrected chi connectivity index (χ1v) is 7.77. The Bertz CT molecular complexity index is 775. The third-order valence-corrected chi connectivity index (χ3v) is 3.78. The largest absolute Gasteiger partial charge is 0.497 e. The maximum atomic E-state index is 6.20. The van der Waals surface area contributed by atoms with Gasteiger partial charge >= 0.3 is 0 Å². The molecular formula is C19H20N4O. The number of aromatic nitrogens is 2. The summed E-state index contributed by atoms with van der Waals surface area (Å²) in [6, 6.07) is 19.6. The second-order valence-corrected chi connectivity index (χ2v) is 5.42. The highest BCUT2D eigenvalue weighted by Gasteiger charge is 2.07. The summed E-state index contributed by atoms with van der Waals surface area (Å²) in [4.78, 5) is 8.59. The highest BCUT2D eigenvalue weighted by molar-refractivity contribution is 5.62. The fourth-order valence-electron chi connectivity index (χ4n) is 2.41. The molecule has 0 amide bonds. The standard InChI is InChI=1S/C19H20N4O/c1-24-16-9-7-15(8-10-16)18-11-19(23-13-22-18)21-12-17(20)14-5-3-2-4-6-14/h2-11,13,17H,12,20H2,1H3,(H,21,22,23)/t17-/m0/s1. The minimum absolute atomic E-state index is 0.0920. The van der Waals surface area contributed by atoms with Crippen molar-refractivity contribution in [1.29, 1.82) is 0 Å². The van der Waals surface area contributed by atoms with Crippen molar-refractivity contribution >= 4 is 5.82 Å². The van der Waals surface area contributed by atoms with Crippen LogP contribution in [0.1, 0.15) is 11.6 Å². The molecule has 3 aromatic rings. The number of methoxy groups -OCH3 is 1. The van der Waals surface area contributed by atoms with E-state index in [1.54, 1.807) is 13.4 Å². The van der Waals surface area contributed by atoms with Crippen LogP contribution >= 0.6 is 0 Å². The molecule has 3 N–H and O–H groups in total. The van der Waals surface area contributed by atoms with Crippen LogP contribution in [0.25, 0.3) is 11.3 Å². The molecule has 0 unspecified atom stereocenters. The van der Waals surface area contributed by atoms with Crippen molar-refractivity contribution in [2.75, 3.05) is 19.0 Å². The van der Waals surface area contributed by atoms with Gasteiger partial charge < -0.3 is 15.8 Å². The fraction of sp³-hybridized carbons (Fsp3) is 0.158. The number of ether oxygens (including phenoxy) is 1. The van der Waals surface area contributed by atoms with Crippen LogP contribution in [0.2, 0.25) is 0 Å². The Morgan fingerprint density at radius 2 is 1.79 bits per heavy atom. The summed E-state index contributed by atoms with van der Waals surface area (Å²) in [6.07, 6.45) is 1.55. The number of benzene rings is 2. The topological polar surface area (TPSA) is 73.1 Å². The molecule has 5 nitrogen and oxygen atoms in total. The van der Waals surface area contributed by atoms with Gasteiger partial charge in [0, 0.05) is 24.2 Å². The lowest BCUT2D eigenvalue weighted by Gasteiger charge is -2.14. The van der Waals surface area contributed by atoms with E-state index in [4.69, 9.17) is 10.5 Å². The van der Waals surface area contributed by atoms with Gasteiger partial charge in [0.25, 0.3) is 0 Å². The van der Waals surface area contributed by atoms with Crippen LogP contribution in [-0.2, 0) is 0 Å². The minimum atomic E-state index is -0.0920. The summed E-state index contributed by atoms with van der Waals surface area (Å²) < 4.78 is 5.18. The van der Waals surface area contributed by atoms with Gasteiger partial charge in [-0.25, -0.2) is 9.97 Å². The van der Waals surface area contributed by atoms with Crippen molar-refractivity contribution in [3.8, 4) is 17.0 Å². The summed E-state index contributed by atoms with van der Waals surface area (Å²) in [6.45, 7) is 0.600. The average Bonchev–Trinajstić information content (AvgIpc) is 2.67. The van der Waals surface area contributed by atoms with Crippen molar-refractivity contribution < 1.29 is 4.74 Å². The number of nitrogens with one attached hydrogen (secondary N) is 1. The second kappa shape index (κ2) is 7.57. The van der Waals surface area contributed by atoms with Gasteiger partial charge in [0.05, 0.1) is 12.8 Å². The molecule has 3 rings (SSSR count). The number of hydrogen-bond acceptors (Lipinski definition) is 5. The SMILES string of the molecule is COc1ccc(-c2cc(NC[C@H](N)c3ccccc3)ncn2)cc1. The quantitative estimate of drug-likeness (QED) is 0.729. The van der Waals surface area contributed by atoms with Gasteiger partial charge in [-0.3, -0.25) is 0 Å². The van der Waals surface area contributed by atoms with Crippen LogP contribution in [0, 0.1) is 0 Å². The maximum Gasteiger partial charge on any atom is 0.130 e. The van der Waals surface area contributed by atoms with Crippen LogP contribution in [0.3, 0.4) is 0 Å². The number of rotatable bonds is 6. The van der Waals surface area contributed by atoms with E-state index in [-0.39, 0.29) is 6.04 Å². The van der Waals surface area contributed by atoms with Gasteiger partial charge in [0.2, 0.25) is 0 Å². The summed E-state index contributed by atoms with van der Waals surface area (Å²) in [5.41, 5.74) is 9.15. The number of nitrogens with zero attached hydrogens (tertiary/aromatic N) is 2. The normalized spacial score (nSPS) is 11.8. The molecular weight excluding hydrogens is 300 g/mol. The van der Waals surface area contributed by atoms with Crippen LogP contribution in [0.15, 0.2) is 67.0 Å². The minimum Gasteiger partial charge on any atom is -0.497 e. The van der Waals surface area contributed by atoms with Crippen molar-refractivity contribution in [3.63, 3.8) is 0 Å². The summed E-state index contributed by atoms with van der Waals surface area (Å²) in [5.74, 6) is 1.57. The van der Waals surface area contributed by atoms with Gasteiger partial charge in [-0.05, 0) is 29.8 Å². The van der Waals surface area contributed by atoms with E-state index in [1.165, 1.54) is 0 Å². The molecule has 2 aromatic carbocycles. The molecule has 1 atom stereocenters. The molecule has 122 valence electrons. The lowest BCUT2D eigenvalue weighted by atomic mass is 10.1. The predicted molar refractivity (Wildman–Crippen MR) is 95.9 cm³/mol. The predicted octanol–water partition coefficient (Wildman–Crippen LogP) is 3.26. The van der Waals surface area contributed by atoms with Gasteiger partial charge in [0.1, 0.15) is 17.9 Å². The monoisotopic (exact) mass is 320 g/mol. The Balaban J connectivity index is 1.68. The summed E-state index contributed by atoms with van der Waals surface area (Å²) in [5, 5.41) is 3.27. The van der Waals surface area contributed by atoms with Crippen molar-refractivity contribution in [2.24, 2.45) is 5.73 Å². The summed E-state index contributed by atoms with van der Waals surface area (Å²) >= 11 is 0. The van der Waals surface area contributed by atoms with Crippen LogP contribution in [0.4, 0.5) is 5.82 Å². The van der Waals surface area contributed by atoms with Crippen LogP contribution in [0.5, 0.6) is 5.75 Å². The molecule has 0 spiro atoms. The smallest absolute Gasteiger partial charge is 0.130 e. The van der Waals surface area contributed by atoms with E-state index in [9.17, 15) is 0 Å². The Labute approximate surface area is 141 Å². The zero-order valence-electron chi connectivity index (χ0n) is 13.5. The third kappa shape index (κ3) is 3.88. The Hall–Kier alpha value is -2.92. The molecule has 0 saturated carbocycles. The number of hydrogen-bond donors (Lipinski definition) is 2. The van der Waals surface area contributed by atoms with Gasteiger partial charge in [-0.1, -0.05) is 30.3 Å². The molecule has 0 radical (unpaired) electrons. The zero-order valence-corrected chi connectivity index (χ0v) is 13.5. The Morgan fingerprint density at radius 1 is 1.04 bits per heavy atom. The highest BCUT2D eigenvalue weighted by Crippen LogP contribution is 2.22. The maximum absolute atomic E-state index is 6.20. The van der Waals surface area contributed by atoms with Gasteiger partial charge in [-0.2, -0.15) is 0 Å². The van der Waals surface area contributed by atoms with Crippen molar-refractivity contribution in [1.82, 2.24) is 9.97 Å². The molecule has 5 heteroatoms. The van der Waals surface area contributed by atoms with E-state index in [1.807, 2.05) is 60.7 Å². The molecule has 24 heavy (non-hydrogen) atoms. The van der Waals surface area contributed by atoms with Gasteiger partial charge in [0.15, 0.2) is 0 Å². The second-order valence-electron chi connectivity index (χ2n) is 5.42. The Morgan fingerprint density at radius 3 is 2.50 bits per heavy atom. The Kier molecular flexibility index (Phi) is 5.03. The third-order valence-electron chi connectivity index (χ3n) is 3.78. The van der Waals surface area contributed by atoms with E-state index in [0.717, 1.165) is 28.4 Å². The number of anilines is 1. The zero-order chi connectivity index (χ0) is 16.8. The molecule has 0 aliphatic carbocycles. The van der Waals surface area contributed by atoms with Crippen molar-refractivity contribution in [3.05, 3.63) is 72.6 Å². The lowest BCUT2D eigenvalue weighted by Crippen LogP contribution is -2.20. The molecule has 0 aliphatic rings. The van der Waals surface area contributed by atoms with Crippen molar-refractivity contribution in [2.45, 2.75) is 6.04 Å². The van der Waals surface area contributed by atoms with E-state index in [2.05, 4.69) is 15.3 Å². The molecule has 0 bridgehead atoms. The van der Waals surface area contributed by atoms with Crippen LogP contribution in [-0.4, -0.2) is 23.6 Å². The van der Waals surface area contributed by atoms with E-state index in [0.29, 0.717) is 6.54 Å². The molecule has 0 aliphatic heterocycles. The molecule has 0 fully saturated rings. The molecule has 1 aromatic heterocycles. The molecule has 0 saturated heterocycles. The fourth-order valence-corrected chi connectivity index (χ4v) is 2.41. The first-order valence-electron chi connectivity index (χ1n) is 7.77. The highest BCUT2D eigenvalue weighted by atomic mass is 16.5. The number of nitrogens with two attached hydrogens (primary N) is 1. The van der Waals surface area contributed by atoms with E-state index >= 15 is 0 Å². The average molecular weight is 320 g/mol. The lowest BCUT2D eigenvalue weighted by molar-refractivity contribution is 0.415.